The topological polar surface area (TPSA) is 43.9 Å². The molecule has 0 atom stereocenters. The zero-order valence-electron chi connectivity index (χ0n) is 21.9. The van der Waals surface area contributed by atoms with E-state index in [0.29, 0.717) is 23.1 Å². The lowest BCUT2D eigenvalue weighted by Gasteiger charge is -2.48. The molecule has 0 N–H and O–H groups in total. The highest BCUT2D eigenvalue weighted by Gasteiger charge is 2.40. The van der Waals surface area contributed by atoms with Crippen LogP contribution in [0.4, 0.5) is 0 Å². The number of hydrogen-bond donors (Lipinski definition) is 0. The number of nitrogens with zero attached hydrogens (tertiary/aromatic N) is 3. The first-order valence-electron chi connectivity index (χ1n) is 14.0. The van der Waals surface area contributed by atoms with Gasteiger partial charge in [-0.15, -0.1) is 0 Å². The molecule has 33 heavy (non-hydrogen) atoms. The molecular formula is C28H49N3O2. The highest BCUT2D eigenvalue weighted by molar-refractivity contribution is 5.81. The van der Waals surface area contributed by atoms with Crippen molar-refractivity contribution in [3.63, 3.8) is 0 Å². The lowest BCUT2D eigenvalue weighted by molar-refractivity contribution is -0.142. The Labute approximate surface area is 202 Å². The minimum absolute atomic E-state index is 0.261. The Morgan fingerprint density at radius 1 is 0.758 bits per heavy atom. The van der Waals surface area contributed by atoms with E-state index in [1.165, 1.54) is 71.0 Å². The molecule has 0 aromatic carbocycles. The predicted octanol–water partition coefficient (Wildman–Crippen LogP) is 4.80. The summed E-state index contributed by atoms with van der Waals surface area (Å²) in [4.78, 5) is 32.6. The van der Waals surface area contributed by atoms with Gasteiger partial charge in [0.2, 0.25) is 11.8 Å². The van der Waals surface area contributed by atoms with E-state index in [2.05, 4.69) is 21.6 Å². The Morgan fingerprint density at radius 3 is 1.85 bits per heavy atom. The number of amides is 2. The molecule has 0 aromatic rings. The van der Waals surface area contributed by atoms with Crippen molar-refractivity contribution >= 4 is 11.8 Å². The van der Waals surface area contributed by atoms with Crippen molar-refractivity contribution in [3.05, 3.63) is 0 Å². The molecule has 3 heterocycles. The van der Waals surface area contributed by atoms with Crippen LogP contribution < -0.4 is 0 Å². The Morgan fingerprint density at radius 2 is 1.30 bits per heavy atom. The van der Waals surface area contributed by atoms with Crippen LogP contribution in [0.25, 0.3) is 0 Å². The average molecular weight is 460 g/mol. The summed E-state index contributed by atoms with van der Waals surface area (Å²) in [6.45, 7) is 15.9. The molecule has 0 aromatic heterocycles. The highest BCUT2D eigenvalue weighted by atomic mass is 16.2. The number of carbonyl (C=O) groups excluding carboxylic acids is 2. The molecule has 0 radical (unpaired) electrons. The Bertz CT molecular complexity index is 666. The van der Waals surface area contributed by atoms with Gasteiger partial charge in [0, 0.05) is 44.1 Å². The van der Waals surface area contributed by atoms with Crippen LogP contribution in [0.15, 0.2) is 0 Å². The van der Waals surface area contributed by atoms with Crippen LogP contribution in [0.5, 0.6) is 0 Å². The van der Waals surface area contributed by atoms with Gasteiger partial charge in [0.15, 0.2) is 0 Å². The van der Waals surface area contributed by atoms with Crippen LogP contribution in [0.1, 0.15) is 91.9 Å². The lowest BCUT2D eigenvalue weighted by Crippen LogP contribution is -2.51. The van der Waals surface area contributed by atoms with E-state index >= 15 is 0 Å². The first-order chi connectivity index (χ1) is 15.7. The van der Waals surface area contributed by atoms with Gasteiger partial charge in [0.1, 0.15) is 0 Å². The quantitative estimate of drug-likeness (QED) is 0.609. The fourth-order valence-electron chi connectivity index (χ4n) is 6.83. The van der Waals surface area contributed by atoms with Gasteiger partial charge in [0.05, 0.1) is 0 Å². The van der Waals surface area contributed by atoms with Gasteiger partial charge in [0.25, 0.3) is 0 Å². The second kappa shape index (κ2) is 10.3. The maximum absolute atomic E-state index is 12.9. The molecular weight excluding hydrogens is 410 g/mol. The third kappa shape index (κ3) is 6.13. The van der Waals surface area contributed by atoms with E-state index in [4.69, 9.17) is 0 Å². The molecule has 5 heteroatoms. The fourth-order valence-corrected chi connectivity index (χ4v) is 6.83. The summed E-state index contributed by atoms with van der Waals surface area (Å²) in [5.74, 6) is 2.64. The largest absolute Gasteiger partial charge is 0.342 e. The van der Waals surface area contributed by atoms with E-state index < -0.39 is 0 Å². The summed E-state index contributed by atoms with van der Waals surface area (Å²) < 4.78 is 0. The monoisotopic (exact) mass is 459 g/mol. The molecule has 0 unspecified atom stereocenters. The van der Waals surface area contributed by atoms with Crippen LogP contribution in [0.2, 0.25) is 0 Å². The van der Waals surface area contributed by atoms with Gasteiger partial charge in [-0.2, -0.15) is 0 Å². The summed E-state index contributed by atoms with van der Waals surface area (Å²) in [6, 6.07) is 0. The minimum atomic E-state index is -0.261. The number of likely N-dealkylation sites (tertiary alicyclic amines) is 3. The van der Waals surface area contributed by atoms with E-state index in [9.17, 15) is 9.59 Å². The molecule has 3 saturated heterocycles. The van der Waals surface area contributed by atoms with Crippen molar-refractivity contribution < 1.29 is 9.59 Å². The predicted molar refractivity (Wildman–Crippen MR) is 134 cm³/mol. The number of hydrogen-bond acceptors (Lipinski definition) is 3. The molecule has 5 nitrogen and oxygen atoms in total. The summed E-state index contributed by atoms with van der Waals surface area (Å²) >= 11 is 0. The summed E-state index contributed by atoms with van der Waals surface area (Å²) in [5.41, 5.74) is 0.210. The number of carbonyl (C=O) groups is 2. The van der Waals surface area contributed by atoms with Gasteiger partial charge in [-0.05, 0) is 94.5 Å². The van der Waals surface area contributed by atoms with Crippen molar-refractivity contribution in [3.8, 4) is 0 Å². The van der Waals surface area contributed by atoms with Crippen molar-refractivity contribution in [2.75, 3.05) is 45.8 Å². The standard InChI is InChI=1S/C28H49N3O2/c1-22-5-7-24(8-6-22)25(32)30-15-9-23(10-16-30)21-29-17-11-28(12-18-29)13-19-31(20-14-28)26(33)27(2,3)4/h22-24H,5-21H2,1-4H3. The molecule has 1 spiro atoms. The van der Waals surface area contributed by atoms with Gasteiger partial charge >= 0.3 is 0 Å². The zero-order valence-corrected chi connectivity index (χ0v) is 21.9. The van der Waals surface area contributed by atoms with E-state index in [1.807, 2.05) is 20.8 Å². The van der Waals surface area contributed by atoms with Crippen LogP contribution >= 0.6 is 0 Å². The normalized spacial score (nSPS) is 29.9. The molecule has 188 valence electrons. The molecule has 1 saturated carbocycles. The molecule has 0 bridgehead atoms. The van der Waals surface area contributed by atoms with Crippen molar-refractivity contribution in [1.82, 2.24) is 14.7 Å². The Hall–Kier alpha value is -1.10. The Balaban J connectivity index is 1.16. The third-order valence-corrected chi connectivity index (χ3v) is 9.48. The lowest BCUT2D eigenvalue weighted by atomic mass is 9.71. The number of rotatable bonds is 3. The van der Waals surface area contributed by atoms with Gasteiger partial charge in [-0.1, -0.05) is 27.7 Å². The zero-order chi connectivity index (χ0) is 23.6. The highest BCUT2D eigenvalue weighted by Crippen LogP contribution is 2.42. The smallest absolute Gasteiger partial charge is 0.227 e. The minimum Gasteiger partial charge on any atom is -0.342 e. The molecule has 4 aliphatic rings. The van der Waals surface area contributed by atoms with Crippen molar-refractivity contribution in [1.29, 1.82) is 0 Å². The fraction of sp³-hybridized carbons (Fsp3) is 0.929. The number of piperidine rings is 3. The van der Waals surface area contributed by atoms with Crippen LogP contribution in [-0.4, -0.2) is 72.3 Å². The van der Waals surface area contributed by atoms with Crippen LogP contribution in [0, 0.1) is 28.6 Å². The summed E-state index contributed by atoms with van der Waals surface area (Å²) in [5, 5.41) is 0. The second-order valence-electron chi connectivity index (χ2n) is 13.1. The third-order valence-electron chi connectivity index (χ3n) is 9.48. The molecule has 3 aliphatic heterocycles. The van der Waals surface area contributed by atoms with Crippen LogP contribution in [0.3, 0.4) is 0 Å². The molecule has 4 rings (SSSR count). The van der Waals surface area contributed by atoms with Gasteiger partial charge in [-0.3, -0.25) is 9.59 Å². The van der Waals surface area contributed by atoms with Gasteiger partial charge < -0.3 is 14.7 Å². The maximum atomic E-state index is 12.9. The molecule has 1 aliphatic carbocycles. The van der Waals surface area contributed by atoms with E-state index in [1.54, 1.807) is 0 Å². The summed E-state index contributed by atoms with van der Waals surface area (Å²) in [6.07, 6.45) is 12.0. The second-order valence-corrected chi connectivity index (χ2v) is 13.1. The average Bonchev–Trinajstić information content (AvgIpc) is 2.81. The maximum Gasteiger partial charge on any atom is 0.227 e. The van der Waals surface area contributed by atoms with Crippen molar-refractivity contribution in [2.24, 2.45) is 28.6 Å². The van der Waals surface area contributed by atoms with Crippen molar-refractivity contribution in [2.45, 2.75) is 91.9 Å². The first kappa shape index (κ1) is 25.0. The first-order valence-corrected chi connectivity index (χ1v) is 14.0. The SMILES string of the molecule is CC1CCC(C(=O)N2CCC(CN3CCC4(CC3)CCN(C(=O)C(C)(C)C)CC4)CC2)CC1. The van der Waals surface area contributed by atoms with Crippen LogP contribution in [-0.2, 0) is 9.59 Å². The molecule has 2 amide bonds. The summed E-state index contributed by atoms with van der Waals surface area (Å²) in [7, 11) is 0. The van der Waals surface area contributed by atoms with E-state index in [0.717, 1.165) is 50.9 Å². The van der Waals surface area contributed by atoms with E-state index in [-0.39, 0.29) is 5.41 Å². The molecule has 4 fully saturated rings. The van der Waals surface area contributed by atoms with Gasteiger partial charge in [-0.25, -0.2) is 0 Å². The Kier molecular flexibility index (Phi) is 7.77.